The minimum absolute atomic E-state index is 0.109. The van der Waals surface area contributed by atoms with E-state index in [9.17, 15) is 43.2 Å². The van der Waals surface area contributed by atoms with Crippen molar-refractivity contribution in [3.63, 3.8) is 0 Å². The molecule has 2 unspecified atom stereocenters. The Kier molecular flexibility index (Phi) is 72.9. The zero-order chi connectivity index (χ0) is 72.5. The number of phosphoric acid groups is 2. The number of ether oxygens (including phenoxy) is 4. The highest BCUT2D eigenvalue weighted by Gasteiger charge is 2.30. The van der Waals surface area contributed by atoms with Crippen molar-refractivity contribution < 1.29 is 80.2 Å². The molecule has 0 amide bonds. The highest BCUT2D eigenvalue weighted by atomic mass is 31.2. The van der Waals surface area contributed by atoms with E-state index in [0.717, 1.165) is 89.9 Å². The number of aliphatic hydroxyl groups is 1. The van der Waals surface area contributed by atoms with Crippen molar-refractivity contribution in [3.8, 4) is 0 Å². The number of carbonyl (C=O) groups is 4. The van der Waals surface area contributed by atoms with Gasteiger partial charge in [-0.1, -0.05) is 381 Å². The summed E-state index contributed by atoms with van der Waals surface area (Å²) >= 11 is 0. The monoisotopic (exact) mass is 1450 g/mol. The fourth-order valence-corrected chi connectivity index (χ4v) is 14.0. The molecule has 0 aromatic heterocycles. The molecule has 3 N–H and O–H groups in total. The van der Waals surface area contributed by atoms with Gasteiger partial charge in [0.2, 0.25) is 0 Å². The van der Waals surface area contributed by atoms with Gasteiger partial charge in [0.05, 0.1) is 26.4 Å². The largest absolute Gasteiger partial charge is 0.472 e. The van der Waals surface area contributed by atoms with Gasteiger partial charge in [-0.05, 0) is 25.7 Å². The van der Waals surface area contributed by atoms with E-state index in [0.29, 0.717) is 25.7 Å². The molecular formula is C80H156O17P2. The van der Waals surface area contributed by atoms with E-state index in [-0.39, 0.29) is 25.7 Å². The van der Waals surface area contributed by atoms with Gasteiger partial charge in [0, 0.05) is 25.7 Å². The van der Waals surface area contributed by atoms with Crippen molar-refractivity contribution in [2.75, 3.05) is 39.6 Å². The van der Waals surface area contributed by atoms with Crippen LogP contribution in [-0.2, 0) is 65.4 Å². The van der Waals surface area contributed by atoms with Crippen LogP contribution in [0, 0.1) is 0 Å². The van der Waals surface area contributed by atoms with Crippen LogP contribution in [0.15, 0.2) is 0 Å². The predicted octanol–water partition coefficient (Wildman–Crippen LogP) is 24.2. The molecule has 0 aliphatic rings. The second-order valence-electron chi connectivity index (χ2n) is 28.8. The van der Waals surface area contributed by atoms with Crippen LogP contribution in [0.2, 0.25) is 0 Å². The number of esters is 4. The Morgan fingerprint density at radius 1 is 0.242 bits per heavy atom. The third-order valence-electron chi connectivity index (χ3n) is 18.9. The Bertz CT molecular complexity index is 1880. The molecule has 0 aromatic carbocycles. The lowest BCUT2D eigenvalue weighted by Gasteiger charge is -2.21. The second kappa shape index (κ2) is 74.3. The maximum absolute atomic E-state index is 13.1. The fraction of sp³-hybridized carbons (Fsp3) is 0.950. The average molecular weight is 1450 g/mol. The van der Waals surface area contributed by atoms with Crippen LogP contribution in [0.3, 0.4) is 0 Å². The molecule has 0 saturated carbocycles. The molecule has 588 valence electrons. The van der Waals surface area contributed by atoms with Crippen LogP contribution in [0.5, 0.6) is 0 Å². The van der Waals surface area contributed by atoms with Crippen LogP contribution < -0.4 is 0 Å². The van der Waals surface area contributed by atoms with E-state index in [1.807, 2.05) is 0 Å². The molecule has 0 heterocycles. The molecule has 0 aromatic rings. The number of carbonyl (C=O) groups excluding carboxylic acids is 4. The zero-order valence-electron chi connectivity index (χ0n) is 64.5. The molecule has 0 spiro atoms. The zero-order valence-corrected chi connectivity index (χ0v) is 66.3. The molecule has 5 atom stereocenters. The van der Waals surface area contributed by atoms with Crippen LogP contribution in [0.1, 0.15) is 432 Å². The predicted molar refractivity (Wildman–Crippen MR) is 405 cm³/mol. The first-order valence-electron chi connectivity index (χ1n) is 41.8. The minimum atomic E-state index is -4.96. The maximum Gasteiger partial charge on any atom is 0.472 e. The lowest BCUT2D eigenvalue weighted by atomic mass is 10.0. The Hall–Kier alpha value is -1.94. The van der Waals surface area contributed by atoms with Crippen LogP contribution in [0.25, 0.3) is 0 Å². The van der Waals surface area contributed by atoms with E-state index in [1.165, 1.54) is 263 Å². The highest BCUT2D eigenvalue weighted by Crippen LogP contribution is 2.45. The third kappa shape index (κ3) is 74.1. The summed E-state index contributed by atoms with van der Waals surface area (Å²) in [6, 6.07) is 0. The number of hydrogen-bond donors (Lipinski definition) is 3. The molecule has 0 saturated heterocycles. The molecule has 0 aliphatic carbocycles. The van der Waals surface area contributed by atoms with Crippen molar-refractivity contribution in [2.24, 2.45) is 0 Å². The first-order chi connectivity index (χ1) is 48.2. The molecule has 0 aliphatic heterocycles. The fourth-order valence-electron chi connectivity index (χ4n) is 12.5. The van der Waals surface area contributed by atoms with Gasteiger partial charge in [0.15, 0.2) is 12.2 Å². The Balaban J connectivity index is 5.26. The molecule has 0 bridgehead atoms. The van der Waals surface area contributed by atoms with Gasteiger partial charge < -0.3 is 33.8 Å². The van der Waals surface area contributed by atoms with Gasteiger partial charge >= 0.3 is 39.5 Å². The lowest BCUT2D eigenvalue weighted by Crippen LogP contribution is -2.30. The Labute approximate surface area is 607 Å². The number of unbranched alkanes of at least 4 members (excludes halogenated alkanes) is 55. The molecule has 0 rings (SSSR count). The van der Waals surface area contributed by atoms with Crippen molar-refractivity contribution >= 4 is 39.5 Å². The molecule has 0 fully saturated rings. The number of phosphoric ester groups is 2. The summed E-state index contributed by atoms with van der Waals surface area (Å²) in [6.45, 7) is 5.04. The SMILES string of the molecule is CCCCCCCCCCCCCCCCCCCC(=O)O[C@H](COC(=O)CCCCCCCCCCCCCCCCC)COP(=O)(O)OC[C@@H](O)COP(=O)(O)OC[C@@H](COC(=O)CCCCCCCCCCCCCCC)OC(=O)CCCCCCCCCCCCCCCC. The van der Waals surface area contributed by atoms with Gasteiger partial charge in [0.1, 0.15) is 19.3 Å². The van der Waals surface area contributed by atoms with E-state index in [2.05, 4.69) is 27.7 Å². The van der Waals surface area contributed by atoms with Crippen LogP contribution in [0.4, 0.5) is 0 Å². The summed E-state index contributed by atoms with van der Waals surface area (Å²) in [5.41, 5.74) is 0. The summed E-state index contributed by atoms with van der Waals surface area (Å²) < 4.78 is 68.7. The third-order valence-corrected chi connectivity index (χ3v) is 20.8. The summed E-state index contributed by atoms with van der Waals surface area (Å²) in [4.78, 5) is 73.0. The summed E-state index contributed by atoms with van der Waals surface area (Å²) in [5, 5.41) is 10.6. The van der Waals surface area contributed by atoms with Crippen molar-refractivity contribution in [3.05, 3.63) is 0 Å². The molecule has 0 radical (unpaired) electrons. The highest BCUT2D eigenvalue weighted by molar-refractivity contribution is 7.47. The van der Waals surface area contributed by atoms with E-state index >= 15 is 0 Å². The van der Waals surface area contributed by atoms with E-state index in [1.54, 1.807) is 0 Å². The molecule has 99 heavy (non-hydrogen) atoms. The summed E-state index contributed by atoms with van der Waals surface area (Å²) in [6.07, 6.45) is 66.3. The van der Waals surface area contributed by atoms with E-state index < -0.39 is 97.5 Å². The van der Waals surface area contributed by atoms with Gasteiger partial charge in [-0.25, -0.2) is 9.13 Å². The normalized spacial score (nSPS) is 13.8. The van der Waals surface area contributed by atoms with Crippen molar-refractivity contribution in [1.29, 1.82) is 0 Å². The summed E-state index contributed by atoms with van der Waals surface area (Å²) in [7, 11) is -9.92. The first kappa shape index (κ1) is 97.1. The molecular weight excluding hydrogens is 1290 g/mol. The van der Waals surface area contributed by atoms with Gasteiger partial charge in [0.25, 0.3) is 0 Å². The number of aliphatic hydroxyl groups excluding tert-OH is 1. The summed E-state index contributed by atoms with van der Waals surface area (Å²) in [5.74, 6) is -2.10. The quantitative estimate of drug-likeness (QED) is 0.0222. The van der Waals surface area contributed by atoms with Gasteiger partial charge in [-0.15, -0.1) is 0 Å². The molecule has 19 heteroatoms. The minimum Gasteiger partial charge on any atom is -0.462 e. The molecule has 17 nitrogen and oxygen atoms in total. The standard InChI is InChI=1S/C80H156O17P2/c1-5-9-13-17-21-25-29-33-36-37-39-43-47-51-55-59-63-67-80(85)97-76(71-91-78(83)65-61-57-53-49-45-42-38-34-30-26-22-18-14-10-6-2)73-95-99(88,89)93-69-74(81)68-92-98(86,87)94-72-75(70-90-77(82)64-60-56-52-48-44-40-32-28-24-20-16-12-8-4)96-79(84)66-62-58-54-50-46-41-35-31-27-23-19-15-11-7-3/h74-76,81H,5-73H2,1-4H3,(H,86,87)(H,88,89)/t74-,75+,76+/m0/s1. The Morgan fingerprint density at radius 3 is 0.596 bits per heavy atom. The smallest absolute Gasteiger partial charge is 0.462 e. The van der Waals surface area contributed by atoms with Gasteiger partial charge in [-0.3, -0.25) is 37.3 Å². The maximum atomic E-state index is 13.1. The topological polar surface area (TPSA) is 237 Å². The Morgan fingerprint density at radius 2 is 0.404 bits per heavy atom. The van der Waals surface area contributed by atoms with Crippen molar-refractivity contribution in [1.82, 2.24) is 0 Å². The average Bonchev–Trinajstić information content (AvgIpc) is 0.999. The number of rotatable bonds is 81. The lowest BCUT2D eigenvalue weighted by molar-refractivity contribution is -0.161. The van der Waals surface area contributed by atoms with Crippen LogP contribution >= 0.6 is 15.6 Å². The van der Waals surface area contributed by atoms with E-state index in [4.69, 9.17) is 37.0 Å². The number of hydrogen-bond acceptors (Lipinski definition) is 15. The first-order valence-corrected chi connectivity index (χ1v) is 44.8. The second-order valence-corrected chi connectivity index (χ2v) is 31.7. The van der Waals surface area contributed by atoms with Crippen LogP contribution in [-0.4, -0.2) is 96.7 Å². The van der Waals surface area contributed by atoms with Crippen molar-refractivity contribution in [2.45, 2.75) is 451 Å². The van der Waals surface area contributed by atoms with Gasteiger partial charge in [-0.2, -0.15) is 0 Å².